The first-order valence-corrected chi connectivity index (χ1v) is 9.19. The van der Waals surface area contributed by atoms with Crippen LogP contribution in [0.2, 0.25) is 0 Å². The lowest BCUT2D eigenvalue weighted by Gasteiger charge is -2.36. The third kappa shape index (κ3) is 6.92. The predicted octanol–water partition coefficient (Wildman–Crippen LogP) is 2.62. The standard InChI is InChI=1S/C19H32N4O2/c1-16(2)8-9-20-19(24)21-17-4-6-18(7-5-17)23-12-10-22(11-13-23)14-15-25-3/h4-7,16H,8-15H2,1-3H3,(H2,20,21,24). The summed E-state index contributed by atoms with van der Waals surface area (Å²) in [6, 6.07) is 7.95. The minimum atomic E-state index is -0.139. The summed E-state index contributed by atoms with van der Waals surface area (Å²) in [4.78, 5) is 16.7. The topological polar surface area (TPSA) is 56.8 Å². The lowest BCUT2D eigenvalue weighted by Crippen LogP contribution is -2.47. The number of hydrogen-bond acceptors (Lipinski definition) is 4. The first-order chi connectivity index (χ1) is 12.1. The number of hydrogen-bond donors (Lipinski definition) is 2. The van der Waals surface area contributed by atoms with Crippen molar-refractivity contribution in [3.8, 4) is 0 Å². The van der Waals surface area contributed by atoms with Gasteiger partial charge in [-0.15, -0.1) is 0 Å². The Bertz CT molecular complexity index is 511. The van der Waals surface area contributed by atoms with Gasteiger partial charge in [0, 0.05) is 57.8 Å². The summed E-state index contributed by atoms with van der Waals surface area (Å²) in [5.74, 6) is 0.592. The van der Waals surface area contributed by atoms with Crippen molar-refractivity contribution in [3.05, 3.63) is 24.3 Å². The number of anilines is 2. The number of urea groups is 1. The average Bonchev–Trinajstić information content (AvgIpc) is 2.61. The molecule has 1 fully saturated rings. The van der Waals surface area contributed by atoms with Crippen molar-refractivity contribution in [1.82, 2.24) is 10.2 Å². The Kier molecular flexibility index (Phi) is 8.01. The minimum absolute atomic E-state index is 0.139. The Morgan fingerprint density at radius 1 is 1.16 bits per heavy atom. The fourth-order valence-electron chi connectivity index (χ4n) is 2.86. The summed E-state index contributed by atoms with van der Waals surface area (Å²) in [5, 5.41) is 5.77. The molecule has 140 valence electrons. The molecular formula is C19H32N4O2. The van der Waals surface area contributed by atoms with Gasteiger partial charge >= 0.3 is 6.03 Å². The number of carbonyl (C=O) groups is 1. The zero-order valence-corrected chi connectivity index (χ0v) is 15.8. The van der Waals surface area contributed by atoms with Crippen molar-refractivity contribution in [1.29, 1.82) is 0 Å². The Balaban J connectivity index is 1.75. The van der Waals surface area contributed by atoms with E-state index in [9.17, 15) is 4.79 Å². The molecule has 1 aliphatic rings. The predicted molar refractivity (Wildman–Crippen MR) is 103 cm³/mol. The number of piperazine rings is 1. The highest BCUT2D eigenvalue weighted by atomic mass is 16.5. The molecule has 6 heteroatoms. The van der Waals surface area contributed by atoms with E-state index in [1.807, 2.05) is 12.1 Å². The Morgan fingerprint density at radius 2 is 1.84 bits per heavy atom. The van der Waals surface area contributed by atoms with Crippen molar-refractivity contribution in [2.45, 2.75) is 20.3 Å². The van der Waals surface area contributed by atoms with Gasteiger partial charge in [-0.05, 0) is 36.6 Å². The maximum atomic E-state index is 11.9. The molecule has 0 saturated carbocycles. The Morgan fingerprint density at radius 3 is 2.44 bits per heavy atom. The summed E-state index contributed by atoms with van der Waals surface area (Å²) >= 11 is 0. The molecule has 2 amide bonds. The van der Waals surface area contributed by atoms with Crippen LogP contribution in [0, 0.1) is 5.92 Å². The van der Waals surface area contributed by atoms with Gasteiger partial charge < -0.3 is 20.3 Å². The van der Waals surface area contributed by atoms with E-state index in [4.69, 9.17) is 4.74 Å². The zero-order valence-electron chi connectivity index (χ0n) is 15.8. The number of ether oxygens (including phenoxy) is 1. The largest absolute Gasteiger partial charge is 0.383 e. The fraction of sp³-hybridized carbons (Fsp3) is 0.632. The van der Waals surface area contributed by atoms with Crippen LogP contribution >= 0.6 is 0 Å². The molecule has 1 heterocycles. The average molecular weight is 348 g/mol. The number of rotatable bonds is 8. The molecule has 0 spiro atoms. The number of nitrogens with zero attached hydrogens (tertiary/aromatic N) is 2. The summed E-state index contributed by atoms with van der Waals surface area (Å²) in [6.45, 7) is 10.9. The van der Waals surface area contributed by atoms with Crippen molar-refractivity contribution >= 4 is 17.4 Å². The second kappa shape index (κ2) is 10.3. The van der Waals surface area contributed by atoms with Gasteiger partial charge in [-0.25, -0.2) is 4.79 Å². The van der Waals surface area contributed by atoms with E-state index in [2.05, 4.69) is 46.4 Å². The molecule has 0 radical (unpaired) electrons. The van der Waals surface area contributed by atoms with Gasteiger partial charge in [0.1, 0.15) is 0 Å². The third-order valence-electron chi connectivity index (χ3n) is 4.48. The van der Waals surface area contributed by atoms with E-state index in [-0.39, 0.29) is 6.03 Å². The molecule has 2 rings (SSSR count). The normalized spacial score (nSPS) is 15.4. The van der Waals surface area contributed by atoms with Crippen LogP contribution in [-0.4, -0.2) is 63.9 Å². The lowest BCUT2D eigenvalue weighted by molar-refractivity contribution is 0.144. The first-order valence-electron chi connectivity index (χ1n) is 9.19. The SMILES string of the molecule is COCCN1CCN(c2ccc(NC(=O)NCCC(C)C)cc2)CC1. The zero-order chi connectivity index (χ0) is 18.1. The molecule has 1 saturated heterocycles. The van der Waals surface area contributed by atoms with Crippen molar-refractivity contribution < 1.29 is 9.53 Å². The monoisotopic (exact) mass is 348 g/mol. The minimum Gasteiger partial charge on any atom is -0.383 e. The lowest BCUT2D eigenvalue weighted by atomic mass is 10.1. The van der Waals surface area contributed by atoms with Crippen molar-refractivity contribution in [3.63, 3.8) is 0 Å². The van der Waals surface area contributed by atoms with Crippen molar-refractivity contribution in [2.24, 2.45) is 5.92 Å². The fourth-order valence-corrected chi connectivity index (χ4v) is 2.86. The number of benzene rings is 1. The van der Waals surface area contributed by atoms with Crippen LogP contribution in [0.1, 0.15) is 20.3 Å². The number of carbonyl (C=O) groups excluding carboxylic acids is 1. The summed E-state index contributed by atoms with van der Waals surface area (Å²) in [6.07, 6.45) is 0.989. The Hall–Kier alpha value is -1.79. The van der Waals surface area contributed by atoms with E-state index in [0.717, 1.165) is 51.4 Å². The van der Waals surface area contributed by atoms with Crippen LogP contribution in [0.4, 0.5) is 16.2 Å². The quantitative estimate of drug-likeness (QED) is 0.758. The highest BCUT2D eigenvalue weighted by Gasteiger charge is 2.16. The van der Waals surface area contributed by atoms with Gasteiger partial charge in [-0.1, -0.05) is 13.8 Å². The maximum Gasteiger partial charge on any atom is 0.319 e. The van der Waals surface area contributed by atoms with Gasteiger partial charge in [0.15, 0.2) is 0 Å². The molecule has 2 N–H and O–H groups in total. The summed E-state index contributed by atoms with van der Waals surface area (Å²) in [7, 11) is 1.75. The molecular weight excluding hydrogens is 316 g/mol. The second-order valence-corrected chi connectivity index (χ2v) is 6.93. The molecule has 0 bridgehead atoms. The van der Waals surface area contributed by atoms with Crippen LogP contribution in [0.15, 0.2) is 24.3 Å². The first kappa shape index (κ1) is 19.5. The van der Waals surface area contributed by atoms with Gasteiger partial charge in [0.25, 0.3) is 0 Å². The summed E-state index contributed by atoms with van der Waals surface area (Å²) in [5.41, 5.74) is 2.03. The van der Waals surface area contributed by atoms with Crippen LogP contribution in [-0.2, 0) is 4.74 Å². The van der Waals surface area contributed by atoms with Gasteiger partial charge in [0.05, 0.1) is 6.61 Å². The van der Waals surface area contributed by atoms with Crippen LogP contribution in [0.3, 0.4) is 0 Å². The summed E-state index contributed by atoms with van der Waals surface area (Å²) < 4.78 is 5.14. The second-order valence-electron chi connectivity index (χ2n) is 6.93. The van der Waals surface area contributed by atoms with E-state index in [0.29, 0.717) is 12.5 Å². The molecule has 0 unspecified atom stereocenters. The van der Waals surface area contributed by atoms with E-state index >= 15 is 0 Å². The molecule has 1 aromatic carbocycles. The number of nitrogens with one attached hydrogen (secondary N) is 2. The molecule has 1 aliphatic heterocycles. The number of methoxy groups -OCH3 is 1. The van der Waals surface area contributed by atoms with Crippen LogP contribution in [0.5, 0.6) is 0 Å². The third-order valence-corrected chi connectivity index (χ3v) is 4.48. The van der Waals surface area contributed by atoms with E-state index < -0.39 is 0 Å². The molecule has 0 atom stereocenters. The van der Waals surface area contributed by atoms with Gasteiger partial charge in [-0.3, -0.25) is 4.90 Å². The van der Waals surface area contributed by atoms with E-state index in [1.165, 1.54) is 5.69 Å². The smallest absolute Gasteiger partial charge is 0.319 e. The maximum absolute atomic E-state index is 11.9. The van der Waals surface area contributed by atoms with Gasteiger partial charge in [0.2, 0.25) is 0 Å². The molecule has 25 heavy (non-hydrogen) atoms. The van der Waals surface area contributed by atoms with Crippen LogP contribution in [0.25, 0.3) is 0 Å². The molecule has 6 nitrogen and oxygen atoms in total. The highest BCUT2D eigenvalue weighted by molar-refractivity contribution is 5.89. The molecule has 1 aromatic rings. The van der Waals surface area contributed by atoms with Gasteiger partial charge in [-0.2, -0.15) is 0 Å². The Labute approximate surface area is 151 Å². The number of amides is 2. The molecule has 0 aliphatic carbocycles. The molecule has 0 aromatic heterocycles. The van der Waals surface area contributed by atoms with Crippen molar-refractivity contribution in [2.75, 3.05) is 63.2 Å². The van der Waals surface area contributed by atoms with Crippen LogP contribution < -0.4 is 15.5 Å². The van der Waals surface area contributed by atoms with E-state index in [1.54, 1.807) is 7.11 Å². The highest BCUT2D eigenvalue weighted by Crippen LogP contribution is 2.19.